The number of nitrogens with zero attached hydrogens (tertiary/aromatic N) is 2. The van der Waals surface area contributed by atoms with E-state index in [2.05, 4.69) is 10.2 Å². The van der Waals surface area contributed by atoms with E-state index in [1.54, 1.807) is 19.1 Å². The van der Waals surface area contributed by atoms with E-state index in [0.29, 0.717) is 37.6 Å². The molecular weight excluding hydrogens is 334 g/mol. The number of carbonyl (C=O) groups is 1. The van der Waals surface area contributed by atoms with Gasteiger partial charge in [0.15, 0.2) is 17.1 Å². The minimum absolute atomic E-state index is 0.188. The third-order valence-corrected chi connectivity index (χ3v) is 5.24. The van der Waals surface area contributed by atoms with Crippen molar-refractivity contribution in [2.24, 2.45) is 0 Å². The van der Waals surface area contributed by atoms with Crippen molar-refractivity contribution in [3.63, 3.8) is 0 Å². The predicted octanol–water partition coefficient (Wildman–Crippen LogP) is 0.463. The van der Waals surface area contributed by atoms with Gasteiger partial charge in [0.1, 0.15) is 0 Å². The Balaban J connectivity index is 1.73. The molecule has 0 aromatic heterocycles. The van der Waals surface area contributed by atoms with Gasteiger partial charge in [-0.1, -0.05) is 12.1 Å². The SMILES string of the molecule is COc1cccc(CN2CCC[C@@](O)(CN3CCNCC3)C2=O)c1OC. The van der Waals surface area contributed by atoms with E-state index in [-0.39, 0.29) is 5.91 Å². The van der Waals surface area contributed by atoms with Crippen molar-refractivity contribution in [3.8, 4) is 11.5 Å². The number of piperazine rings is 1. The van der Waals surface area contributed by atoms with Gasteiger partial charge in [-0.05, 0) is 18.9 Å². The van der Waals surface area contributed by atoms with Crippen LogP contribution < -0.4 is 14.8 Å². The van der Waals surface area contributed by atoms with E-state index in [1.807, 2.05) is 18.2 Å². The molecule has 2 aliphatic heterocycles. The maximum atomic E-state index is 13.0. The third kappa shape index (κ3) is 3.95. The highest BCUT2D eigenvalue weighted by molar-refractivity contribution is 5.86. The van der Waals surface area contributed by atoms with Gasteiger partial charge in [0, 0.05) is 51.4 Å². The smallest absolute Gasteiger partial charge is 0.256 e. The summed E-state index contributed by atoms with van der Waals surface area (Å²) in [7, 11) is 3.19. The number of likely N-dealkylation sites (tertiary alicyclic amines) is 1. The number of rotatable bonds is 6. The van der Waals surface area contributed by atoms with Crippen LogP contribution in [0, 0.1) is 0 Å². The number of amides is 1. The number of aliphatic hydroxyl groups is 1. The quantitative estimate of drug-likeness (QED) is 0.765. The van der Waals surface area contributed by atoms with Crippen LogP contribution >= 0.6 is 0 Å². The van der Waals surface area contributed by atoms with Crippen LogP contribution in [0.25, 0.3) is 0 Å². The molecule has 1 amide bonds. The van der Waals surface area contributed by atoms with Crippen molar-refractivity contribution >= 4 is 5.91 Å². The van der Waals surface area contributed by atoms with Gasteiger partial charge in [-0.15, -0.1) is 0 Å². The lowest BCUT2D eigenvalue weighted by Gasteiger charge is -2.41. The molecule has 0 unspecified atom stereocenters. The Kier molecular flexibility index (Phi) is 6.01. The second-order valence-electron chi connectivity index (χ2n) is 7.04. The number of hydrogen-bond donors (Lipinski definition) is 2. The number of ether oxygens (including phenoxy) is 2. The van der Waals surface area contributed by atoms with Crippen LogP contribution in [0.3, 0.4) is 0 Å². The third-order valence-electron chi connectivity index (χ3n) is 5.24. The van der Waals surface area contributed by atoms with Gasteiger partial charge in [-0.2, -0.15) is 0 Å². The summed E-state index contributed by atoms with van der Waals surface area (Å²) in [6.07, 6.45) is 1.31. The molecule has 1 aromatic carbocycles. The van der Waals surface area contributed by atoms with Gasteiger partial charge in [0.25, 0.3) is 5.91 Å². The molecule has 1 atom stereocenters. The molecule has 2 saturated heterocycles. The number of hydrogen-bond acceptors (Lipinski definition) is 6. The van der Waals surface area contributed by atoms with Gasteiger partial charge in [0.05, 0.1) is 14.2 Å². The summed E-state index contributed by atoms with van der Waals surface area (Å²) in [6, 6.07) is 5.65. The summed E-state index contributed by atoms with van der Waals surface area (Å²) in [4.78, 5) is 17.0. The van der Waals surface area contributed by atoms with Crippen molar-refractivity contribution in [1.82, 2.24) is 15.1 Å². The molecule has 26 heavy (non-hydrogen) atoms. The molecule has 2 aliphatic rings. The summed E-state index contributed by atoms with van der Waals surface area (Å²) < 4.78 is 10.8. The fraction of sp³-hybridized carbons (Fsp3) is 0.632. The molecule has 2 N–H and O–H groups in total. The second-order valence-corrected chi connectivity index (χ2v) is 7.04. The molecule has 0 saturated carbocycles. The standard InChI is InChI=1S/C19H29N3O4/c1-25-16-6-3-5-15(17(16)26-2)13-22-10-4-7-19(24,18(22)23)14-21-11-8-20-9-12-21/h3,5-6,20,24H,4,7-14H2,1-2H3/t19-/m1/s1. The fourth-order valence-electron chi connectivity index (χ4n) is 3.89. The average Bonchev–Trinajstić information content (AvgIpc) is 2.66. The van der Waals surface area contributed by atoms with Gasteiger partial charge in [-0.3, -0.25) is 9.69 Å². The normalized spacial score (nSPS) is 24.6. The minimum Gasteiger partial charge on any atom is -0.493 e. The summed E-state index contributed by atoms with van der Waals surface area (Å²) in [5, 5.41) is 14.4. The summed E-state index contributed by atoms with van der Waals surface area (Å²) in [5.74, 6) is 1.09. The zero-order valence-corrected chi connectivity index (χ0v) is 15.7. The fourth-order valence-corrected chi connectivity index (χ4v) is 3.89. The Bertz CT molecular complexity index is 633. The highest BCUT2D eigenvalue weighted by Gasteiger charge is 2.43. The van der Waals surface area contributed by atoms with Gasteiger partial charge < -0.3 is 24.8 Å². The van der Waals surface area contributed by atoms with Gasteiger partial charge >= 0.3 is 0 Å². The van der Waals surface area contributed by atoms with Crippen LogP contribution in [0.5, 0.6) is 11.5 Å². The van der Waals surface area contributed by atoms with E-state index in [4.69, 9.17) is 9.47 Å². The van der Waals surface area contributed by atoms with Crippen LogP contribution in [0.15, 0.2) is 18.2 Å². The Morgan fingerprint density at radius 3 is 2.65 bits per heavy atom. The van der Waals surface area contributed by atoms with Crippen LogP contribution in [-0.2, 0) is 11.3 Å². The first-order valence-electron chi connectivity index (χ1n) is 9.22. The largest absolute Gasteiger partial charge is 0.493 e. The molecule has 0 bridgehead atoms. The Labute approximate surface area is 154 Å². The average molecular weight is 363 g/mol. The van der Waals surface area contributed by atoms with E-state index in [0.717, 1.165) is 38.2 Å². The summed E-state index contributed by atoms with van der Waals surface area (Å²) in [5.41, 5.74) is -0.423. The van der Waals surface area contributed by atoms with E-state index in [1.165, 1.54) is 0 Å². The summed E-state index contributed by atoms with van der Waals surface area (Å²) >= 11 is 0. The predicted molar refractivity (Wildman–Crippen MR) is 98.5 cm³/mol. The Morgan fingerprint density at radius 1 is 1.19 bits per heavy atom. The number of para-hydroxylation sites is 1. The number of nitrogens with one attached hydrogen (secondary N) is 1. The first kappa shape index (κ1) is 18.9. The molecule has 0 aliphatic carbocycles. The molecule has 1 aromatic rings. The number of methoxy groups -OCH3 is 2. The first-order valence-corrected chi connectivity index (χ1v) is 9.22. The van der Waals surface area contributed by atoms with Crippen molar-refractivity contribution in [3.05, 3.63) is 23.8 Å². The lowest BCUT2D eigenvalue weighted by Crippen LogP contribution is -2.60. The van der Waals surface area contributed by atoms with Crippen LogP contribution in [0.4, 0.5) is 0 Å². The molecule has 2 fully saturated rings. The molecule has 3 rings (SSSR count). The van der Waals surface area contributed by atoms with Crippen molar-refractivity contribution in [1.29, 1.82) is 0 Å². The van der Waals surface area contributed by atoms with E-state index in [9.17, 15) is 9.90 Å². The zero-order valence-electron chi connectivity index (χ0n) is 15.7. The number of carbonyl (C=O) groups excluding carboxylic acids is 1. The van der Waals surface area contributed by atoms with Gasteiger partial charge in [-0.25, -0.2) is 0 Å². The molecule has 7 nitrogen and oxygen atoms in total. The molecule has 144 valence electrons. The highest BCUT2D eigenvalue weighted by atomic mass is 16.5. The minimum atomic E-state index is -1.30. The molecular formula is C19H29N3O4. The monoisotopic (exact) mass is 363 g/mol. The van der Waals surface area contributed by atoms with Crippen molar-refractivity contribution < 1.29 is 19.4 Å². The maximum Gasteiger partial charge on any atom is 0.256 e. The Hall–Kier alpha value is -1.83. The molecule has 0 radical (unpaired) electrons. The first-order chi connectivity index (χ1) is 12.6. The Morgan fingerprint density at radius 2 is 1.96 bits per heavy atom. The van der Waals surface area contributed by atoms with Crippen molar-refractivity contribution in [2.45, 2.75) is 25.0 Å². The topological polar surface area (TPSA) is 74.3 Å². The number of piperidine rings is 1. The van der Waals surface area contributed by atoms with Crippen LogP contribution in [0.1, 0.15) is 18.4 Å². The number of β-amino-alcohol motifs (C(OH)–C–C–N with tert-alkyl or cyclic N) is 1. The van der Waals surface area contributed by atoms with Crippen LogP contribution in [0.2, 0.25) is 0 Å². The lowest BCUT2D eigenvalue weighted by molar-refractivity contribution is -0.160. The van der Waals surface area contributed by atoms with Gasteiger partial charge in [0.2, 0.25) is 0 Å². The highest BCUT2D eigenvalue weighted by Crippen LogP contribution is 2.33. The second kappa shape index (κ2) is 8.24. The zero-order chi connectivity index (χ0) is 18.6. The van der Waals surface area contributed by atoms with E-state index >= 15 is 0 Å². The number of benzene rings is 1. The van der Waals surface area contributed by atoms with Crippen molar-refractivity contribution in [2.75, 3.05) is 53.5 Å². The summed E-state index contributed by atoms with van der Waals surface area (Å²) in [6.45, 7) is 4.97. The van der Waals surface area contributed by atoms with E-state index < -0.39 is 5.60 Å². The molecule has 7 heteroatoms. The lowest BCUT2D eigenvalue weighted by atomic mass is 9.90. The maximum absolute atomic E-state index is 13.0. The molecule has 2 heterocycles. The molecule has 0 spiro atoms. The van der Waals surface area contributed by atoms with Crippen LogP contribution in [-0.4, -0.2) is 79.9 Å².